The zero-order valence-electron chi connectivity index (χ0n) is 15.7. The van der Waals surface area contributed by atoms with Gasteiger partial charge in [-0.3, -0.25) is 9.59 Å². The zero-order valence-corrected chi connectivity index (χ0v) is 16.6. The van der Waals surface area contributed by atoms with Gasteiger partial charge in [0.2, 0.25) is 15.9 Å². The second kappa shape index (κ2) is 6.49. The Morgan fingerprint density at radius 1 is 1.07 bits per heavy atom. The van der Waals surface area contributed by atoms with E-state index in [1.807, 2.05) is 32.0 Å². The number of hydrogen-bond donors (Lipinski definition) is 1. The van der Waals surface area contributed by atoms with Gasteiger partial charge in [0, 0.05) is 11.3 Å². The Labute approximate surface area is 159 Å². The van der Waals surface area contributed by atoms with Gasteiger partial charge >= 0.3 is 0 Å². The predicted octanol–water partition coefficient (Wildman–Crippen LogP) is 3.26. The van der Waals surface area contributed by atoms with E-state index in [0.29, 0.717) is 5.56 Å². The van der Waals surface area contributed by atoms with Crippen molar-refractivity contribution in [3.63, 3.8) is 0 Å². The Kier molecular flexibility index (Phi) is 4.59. The molecule has 0 aromatic heterocycles. The number of rotatable bonds is 3. The number of nitrogens with zero attached hydrogens (tertiary/aromatic N) is 1. The molecule has 27 heavy (non-hydrogen) atoms. The number of carbonyl (C=O) groups is 2. The second-order valence-electron chi connectivity index (χ2n) is 7.53. The maximum absolute atomic E-state index is 12.5. The number of aryl methyl sites for hydroxylation is 2. The summed E-state index contributed by atoms with van der Waals surface area (Å²) in [7, 11) is -3.71. The van der Waals surface area contributed by atoms with Gasteiger partial charge in [0.05, 0.1) is 16.9 Å². The molecule has 2 amide bonds. The van der Waals surface area contributed by atoms with E-state index >= 15 is 0 Å². The van der Waals surface area contributed by atoms with Crippen LogP contribution in [0.15, 0.2) is 42.5 Å². The van der Waals surface area contributed by atoms with Crippen LogP contribution in [-0.4, -0.2) is 26.0 Å². The van der Waals surface area contributed by atoms with Crippen molar-refractivity contribution in [2.24, 2.45) is 5.41 Å². The molecule has 1 aliphatic rings. The lowest BCUT2D eigenvalue weighted by molar-refractivity contribution is -0.123. The van der Waals surface area contributed by atoms with E-state index in [1.165, 1.54) is 24.3 Å². The molecule has 6 nitrogen and oxygen atoms in total. The van der Waals surface area contributed by atoms with Gasteiger partial charge in [-0.05, 0) is 69.2 Å². The van der Waals surface area contributed by atoms with Gasteiger partial charge in [0.15, 0.2) is 0 Å². The highest BCUT2D eigenvalue weighted by atomic mass is 32.2. The first-order chi connectivity index (χ1) is 12.5. The van der Waals surface area contributed by atoms with E-state index in [0.717, 1.165) is 21.1 Å². The third kappa shape index (κ3) is 3.60. The Bertz CT molecular complexity index is 1020. The van der Waals surface area contributed by atoms with Gasteiger partial charge in [-0.1, -0.05) is 12.1 Å². The normalized spacial score (nSPS) is 17.8. The first-order valence-electron chi connectivity index (χ1n) is 8.57. The minimum absolute atomic E-state index is 0.228. The molecule has 1 heterocycles. The highest BCUT2D eigenvalue weighted by molar-refractivity contribution is 7.94. The van der Waals surface area contributed by atoms with Crippen LogP contribution in [0.2, 0.25) is 0 Å². The molecule has 142 valence electrons. The van der Waals surface area contributed by atoms with Crippen molar-refractivity contribution in [1.29, 1.82) is 0 Å². The predicted molar refractivity (Wildman–Crippen MR) is 105 cm³/mol. The zero-order chi connectivity index (χ0) is 20.0. The first-order valence-corrected chi connectivity index (χ1v) is 10.2. The lowest BCUT2D eigenvalue weighted by Gasteiger charge is -2.17. The van der Waals surface area contributed by atoms with E-state index in [-0.39, 0.29) is 17.3 Å². The van der Waals surface area contributed by atoms with Crippen molar-refractivity contribution in [3.8, 4) is 0 Å². The quantitative estimate of drug-likeness (QED) is 0.878. The molecule has 0 bridgehead atoms. The van der Waals surface area contributed by atoms with Gasteiger partial charge in [0.25, 0.3) is 5.91 Å². The Balaban J connectivity index is 1.84. The second-order valence-corrected chi connectivity index (χ2v) is 9.35. The summed E-state index contributed by atoms with van der Waals surface area (Å²) in [6.07, 6.45) is 0. The van der Waals surface area contributed by atoms with Crippen LogP contribution >= 0.6 is 0 Å². The fourth-order valence-corrected chi connectivity index (χ4v) is 5.18. The molecule has 0 spiro atoms. The smallest absolute Gasteiger partial charge is 0.255 e. The van der Waals surface area contributed by atoms with Gasteiger partial charge < -0.3 is 5.32 Å². The summed E-state index contributed by atoms with van der Waals surface area (Å²) >= 11 is 0. The number of anilines is 2. The van der Waals surface area contributed by atoms with Crippen molar-refractivity contribution in [2.75, 3.05) is 15.4 Å². The Morgan fingerprint density at radius 2 is 1.70 bits per heavy atom. The molecule has 2 aromatic rings. The number of amides is 2. The van der Waals surface area contributed by atoms with E-state index < -0.39 is 21.3 Å². The molecule has 0 saturated carbocycles. The molecular weight excluding hydrogens is 364 g/mol. The van der Waals surface area contributed by atoms with Gasteiger partial charge in [-0.2, -0.15) is 0 Å². The molecule has 2 aromatic carbocycles. The number of nitrogens with one attached hydrogen (secondary N) is 1. The summed E-state index contributed by atoms with van der Waals surface area (Å²) in [6.45, 7) is 7.07. The fourth-order valence-electron chi connectivity index (χ4n) is 3.07. The summed E-state index contributed by atoms with van der Waals surface area (Å²) < 4.78 is 25.5. The van der Waals surface area contributed by atoms with Crippen LogP contribution in [-0.2, 0) is 14.8 Å². The van der Waals surface area contributed by atoms with Crippen molar-refractivity contribution < 1.29 is 18.0 Å². The van der Waals surface area contributed by atoms with Crippen LogP contribution < -0.4 is 9.62 Å². The molecule has 3 rings (SSSR count). The molecule has 7 heteroatoms. The van der Waals surface area contributed by atoms with E-state index in [9.17, 15) is 18.0 Å². The molecule has 1 fully saturated rings. The average Bonchev–Trinajstić information content (AvgIpc) is 2.74. The van der Waals surface area contributed by atoms with Gasteiger partial charge in [-0.25, -0.2) is 12.7 Å². The van der Waals surface area contributed by atoms with Crippen molar-refractivity contribution >= 4 is 33.2 Å². The number of benzene rings is 2. The van der Waals surface area contributed by atoms with Crippen LogP contribution in [0.4, 0.5) is 11.4 Å². The summed E-state index contributed by atoms with van der Waals surface area (Å²) in [5, 5.41) is 2.86. The summed E-state index contributed by atoms with van der Waals surface area (Å²) in [5.41, 5.74) is 2.37. The summed E-state index contributed by atoms with van der Waals surface area (Å²) in [5.74, 6) is -0.991. The third-order valence-corrected chi connectivity index (χ3v) is 6.61. The van der Waals surface area contributed by atoms with E-state index in [1.54, 1.807) is 13.8 Å². The largest absolute Gasteiger partial charge is 0.322 e. The van der Waals surface area contributed by atoms with Crippen molar-refractivity contribution in [2.45, 2.75) is 27.7 Å². The molecule has 0 aliphatic carbocycles. The number of sulfonamides is 1. The summed E-state index contributed by atoms with van der Waals surface area (Å²) in [4.78, 5) is 24.9. The van der Waals surface area contributed by atoms with Crippen LogP contribution in [0.3, 0.4) is 0 Å². The average molecular weight is 386 g/mol. The van der Waals surface area contributed by atoms with Crippen LogP contribution in [0, 0.1) is 19.3 Å². The standard InChI is InChI=1S/C20H22N2O4S/c1-13-5-6-14(2)17(11-13)21-18(23)15-7-9-16(10-8-15)22-19(24)20(3,4)12-27(22,25)26/h5-11H,12H2,1-4H3,(H,21,23). The Morgan fingerprint density at radius 3 is 2.26 bits per heavy atom. The lowest BCUT2D eigenvalue weighted by atomic mass is 9.95. The van der Waals surface area contributed by atoms with Gasteiger partial charge in [-0.15, -0.1) is 0 Å². The first kappa shape index (κ1) is 19.1. The number of hydrogen-bond acceptors (Lipinski definition) is 4. The molecule has 1 N–H and O–H groups in total. The minimum Gasteiger partial charge on any atom is -0.322 e. The van der Waals surface area contributed by atoms with Crippen molar-refractivity contribution in [3.05, 3.63) is 59.2 Å². The highest BCUT2D eigenvalue weighted by Gasteiger charge is 2.49. The SMILES string of the molecule is Cc1ccc(C)c(NC(=O)c2ccc(N3C(=O)C(C)(C)CS3(=O)=O)cc2)c1. The molecule has 1 aliphatic heterocycles. The molecule has 0 radical (unpaired) electrons. The van der Waals surface area contributed by atoms with Gasteiger partial charge in [0.1, 0.15) is 0 Å². The molecule has 0 unspecified atom stereocenters. The lowest BCUT2D eigenvalue weighted by Crippen LogP contribution is -2.32. The van der Waals surface area contributed by atoms with E-state index in [2.05, 4.69) is 5.32 Å². The highest BCUT2D eigenvalue weighted by Crippen LogP contribution is 2.35. The topological polar surface area (TPSA) is 83.6 Å². The monoisotopic (exact) mass is 386 g/mol. The van der Waals surface area contributed by atoms with Crippen LogP contribution in [0.1, 0.15) is 35.3 Å². The summed E-state index contributed by atoms with van der Waals surface area (Å²) in [6, 6.07) is 11.8. The third-order valence-electron chi connectivity index (χ3n) is 4.59. The van der Waals surface area contributed by atoms with Crippen LogP contribution in [0.5, 0.6) is 0 Å². The van der Waals surface area contributed by atoms with E-state index in [4.69, 9.17) is 0 Å². The molecule has 0 atom stereocenters. The Hall–Kier alpha value is -2.67. The van der Waals surface area contributed by atoms with Crippen molar-refractivity contribution in [1.82, 2.24) is 0 Å². The molecular formula is C20H22N2O4S. The maximum Gasteiger partial charge on any atom is 0.255 e. The van der Waals surface area contributed by atoms with Crippen LogP contribution in [0.25, 0.3) is 0 Å². The number of carbonyl (C=O) groups excluding carboxylic acids is 2. The maximum atomic E-state index is 12.5. The minimum atomic E-state index is -3.71. The fraction of sp³-hybridized carbons (Fsp3) is 0.300. The molecule has 1 saturated heterocycles.